The Hall–Kier alpha value is -2.63. The van der Waals surface area contributed by atoms with Gasteiger partial charge in [0.05, 0.1) is 12.7 Å². The van der Waals surface area contributed by atoms with Crippen molar-refractivity contribution in [3.63, 3.8) is 0 Å². The number of carbonyl (C=O) groups is 2. The molecule has 0 aliphatic heterocycles. The number of carboxylic acids is 1. The summed E-state index contributed by atoms with van der Waals surface area (Å²) in [6, 6.07) is 7.02. The van der Waals surface area contributed by atoms with Crippen LogP contribution >= 0.6 is 0 Å². The van der Waals surface area contributed by atoms with Gasteiger partial charge >= 0.3 is 5.97 Å². The number of benzene rings is 1. The average molecular weight is 260 g/mol. The lowest BCUT2D eigenvalue weighted by Crippen LogP contribution is -2.29. The predicted octanol–water partition coefficient (Wildman–Crippen LogP) is 1.06. The highest BCUT2D eigenvalue weighted by molar-refractivity contribution is 5.99. The van der Waals surface area contributed by atoms with Crippen LogP contribution in [0.3, 0.4) is 0 Å². The van der Waals surface area contributed by atoms with Crippen molar-refractivity contribution in [2.75, 3.05) is 13.7 Å². The molecule has 0 fully saturated rings. The molecular formula is C13H12N2O4. The van der Waals surface area contributed by atoms with E-state index in [-0.39, 0.29) is 0 Å². The predicted molar refractivity (Wildman–Crippen MR) is 68.3 cm³/mol. The quantitative estimate of drug-likeness (QED) is 0.858. The number of fused-ring (bicyclic) bond motifs is 1. The van der Waals surface area contributed by atoms with Crippen molar-refractivity contribution >= 4 is 22.8 Å². The van der Waals surface area contributed by atoms with Crippen LogP contribution in [0.15, 0.2) is 30.5 Å². The largest absolute Gasteiger partial charge is 0.494 e. The molecule has 0 radical (unpaired) electrons. The fraction of sp³-hybridized carbons (Fsp3) is 0.154. The molecular weight excluding hydrogens is 248 g/mol. The van der Waals surface area contributed by atoms with Crippen LogP contribution in [0.2, 0.25) is 0 Å². The Kier molecular flexibility index (Phi) is 3.61. The van der Waals surface area contributed by atoms with Crippen molar-refractivity contribution < 1.29 is 19.4 Å². The van der Waals surface area contributed by atoms with Gasteiger partial charge in [0.2, 0.25) is 0 Å². The van der Waals surface area contributed by atoms with E-state index in [1.807, 2.05) is 0 Å². The standard InChI is InChI=1S/C13H12N2O4/c1-19-10-4-2-3-8-5-9(6-14-12(8)10)13(18)15-7-11(16)17/h2-6H,7H2,1H3,(H,15,18)(H,16,17). The number of ether oxygens (including phenoxy) is 1. The highest BCUT2D eigenvalue weighted by atomic mass is 16.5. The van der Waals surface area contributed by atoms with Gasteiger partial charge in [-0.15, -0.1) is 0 Å². The third-order valence-electron chi connectivity index (χ3n) is 2.56. The van der Waals surface area contributed by atoms with E-state index in [1.54, 1.807) is 31.4 Å². The molecule has 19 heavy (non-hydrogen) atoms. The van der Waals surface area contributed by atoms with Crippen LogP contribution in [-0.4, -0.2) is 35.6 Å². The zero-order chi connectivity index (χ0) is 13.8. The summed E-state index contributed by atoms with van der Waals surface area (Å²) in [7, 11) is 1.55. The van der Waals surface area contributed by atoms with Gasteiger partial charge in [-0.25, -0.2) is 0 Å². The molecule has 1 heterocycles. The molecule has 0 spiro atoms. The van der Waals surface area contributed by atoms with Crippen molar-refractivity contribution in [2.45, 2.75) is 0 Å². The number of para-hydroxylation sites is 1. The molecule has 0 bridgehead atoms. The average Bonchev–Trinajstić information content (AvgIpc) is 2.43. The number of hydrogen-bond acceptors (Lipinski definition) is 4. The fourth-order valence-electron chi connectivity index (χ4n) is 1.68. The van der Waals surface area contributed by atoms with E-state index < -0.39 is 18.4 Å². The third kappa shape index (κ3) is 2.79. The van der Waals surface area contributed by atoms with Gasteiger partial charge < -0.3 is 15.2 Å². The molecule has 0 aliphatic rings. The molecule has 1 amide bonds. The monoisotopic (exact) mass is 260 g/mol. The fourth-order valence-corrected chi connectivity index (χ4v) is 1.68. The van der Waals surface area contributed by atoms with Crippen LogP contribution in [0, 0.1) is 0 Å². The normalized spacial score (nSPS) is 10.2. The Morgan fingerprint density at radius 1 is 1.42 bits per heavy atom. The van der Waals surface area contributed by atoms with E-state index in [0.29, 0.717) is 16.8 Å². The van der Waals surface area contributed by atoms with Crippen LogP contribution in [0.5, 0.6) is 5.75 Å². The minimum absolute atomic E-state index is 0.307. The summed E-state index contributed by atoms with van der Waals surface area (Å²) in [5.41, 5.74) is 0.960. The molecule has 6 heteroatoms. The Bertz CT molecular complexity index is 640. The van der Waals surface area contributed by atoms with Crippen LogP contribution in [0.25, 0.3) is 10.9 Å². The summed E-state index contributed by atoms with van der Waals surface area (Å²) in [4.78, 5) is 26.3. The van der Waals surface area contributed by atoms with Crippen molar-refractivity contribution in [1.82, 2.24) is 10.3 Å². The number of nitrogens with zero attached hydrogens (tertiary/aromatic N) is 1. The number of methoxy groups -OCH3 is 1. The first-order valence-electron chi connectivity index (χ1n) is 5.54. The van der Waals surface area contributed by atoms with E-state index >= 15 is 0 Å². The number of amides is 1. The number of carbonyl (C=O) groups excluding carboxylic acids is 1. The van der Waals surface area contributed by atoms with Crippen molar-refractivity contribution in [3.8, 4) is 5.75 Å². The Balaban J connectivity index is 2.31. The molecule has 98 valence electrons. The summed E-state index contributed by atoms with van der Waals surface area (Å²) in [6.45, 7) is -0.422. The molecule has 2 rings (SSSR count). The van der Waals surface area contributed by atoms with Gasteiger partial charge in [-0.1, -0.05) is 12.1 Å². The van der Waals surface area contributed by atoms with Crippen LogP contribution in [-0.2, 0) is 4.79 Å². The smallest absolute Gasteiger partial charge is 0.322 e. The SMILES string of the molecule is COc1cccc2cc(C(=O)NCC(=O)O)cnc12. The molecule has 6 nitrogen and oxygen atoms in total. The van der Waals surface area contributed by atoms with Gasteiger partial charge in [-0.3, -0.25) is 14.6 Å². The van der Waals surface area contributed by atoms with E-state index in [4.69, 9.17) is 9.84 Å². The zero-order valence-electron chi connectivity index (χ0n) is 10.2. The van der Waals surface area contributed by atoms with Gasteiger partial charge in [-0.05, 0) is 12.1 Å². The molecule has 0 atom stereocenters. The lowest BCUT2D eigenvalue weighted by molar-refractivity contribution is -0.135. The van der Waals surface area contributed by atoms with Crippen molar-refractivity contribution in [1.29, 1.82) is 0 Å². The molecule has 1 aromatic heterocycles. The van der Waals surface area contributed by atoms with E-state index in [2.05, 4.69) is 10.3 Å². The molecule has 1 aromatic carbocycles. The van der Waals surface area contributed by atoms with Gasteiger partial charge in [0.15, 0.2) is 0 Å². The topological polar surface area (TPSA) is 88.5 Å². The van der Waals surface area contributed by atoms with Gasteiger partial charge in [0.25, 0.3) is 5.91 Å². The zero-order valence-corrected chi connectivity index (χ0v) is 10.2. The molecule has 0 saturated carbocycles. The van der Waals surface area contributed by atoms with E-state index in [9.17, 15) is 9.59 Å². The first-order chi connectivity index (χ1) is 9.11. The first-order valence-corrected chi connectivity index (χ1v) is 5.54. The highest BCUT2D eigenvalue weighted by Crippen LogP contribution is 2.23. The second-order valence-electron chi connectivity index (χ2n) is 3.83. The Morgan fingerprint density at radius 2 is 2.21 bits per heavy atom. The third-order valence-corrected chi connectivity index (χ3v) is 2.56. The van der Waals surface area contributed by atoms with Gasteiger partial charge in [-0.2, -0.15) is 0 Å². The number of carboxylic acid groups (broad SMARTS) is 1. The second kappa shape index (κ2) is 5.34. The molecule has 2 N–H and O–H groups in total. The van der Waals surface area contributed by atoms with Crippen LogP contribution < -0.4 is 10.1 Å². The number of rotatable bonds is 4. The van der Waals surface area contributed by atoms with Gasteiger partial charge in [0.1, 0.15) is 17.8 Å². The summed E-state index contributed by atoms with van der Waals surface area (Å²) in [5, 5.41) is 11.5. The second-order valence-corrected chi connectivity index (χ2v) is 3.83. The number of aromatic nitrogens is 1. The minimum Gasteiger partial charge on any atom is -0.494 e. The van der Waals surface area contributed by atoms with Crippen molar-refractivity contribution in [2.24, 2.45) is 0 Å². The van der Waals surface area contributed by atoms with Gasteiger partial charge in [0, 0.05) is 11.6 Å². The number of aliphatic carboxylic acids is 1. The lowest BCUT2D eigenvalue weighted by Gasteiger charge is -2.06. The maximum Gasteiger partial charge on any atom is 0.322 e. The minimum atomic E-state index is -1.09. The molecule has 0 saturated heterocycles. The molecule has 2 aromatic rings. The summed E-state index contributed by atoms with van der Waals surface area (Å²) < 4.78 is 5.17. The summed E-state index contributed by atoms with van der Waals surface area (Å²) in [6.07, 6.45) is 1.39. The Labute approximate surface area is 109 Å². The Morgan fingerprint density at radius 3 is 2.89 bits per heavy atom. The summed E-state index contributed by atoms with van der Waals surface area (Å²) in [5.74, 6) is -0.946. The van der Waals surface area contributed by atoms with E-state index in [1.165, 1.54) is 6.20 Å². The van der Waals surface area contributed by atoms with Crippen LogP contribution in [0.1, 0.15) is 10.4 Å². The van der Waals surface area contributed by atoms with E-state index in [0.717, 1.165) is 5.39 Å². The highest BCUT2D eigenvalue weighted by Gasteiger charge is 2.10. The number of hydrogen-bond donors (Lipinski definition) is 2. The maximum atomic E-state index is 11.7. The summed E-state index contributed by atoms with van der Waals surface area (Å²) >= 11 is 0. The number of nitrogens with one attached hydrogen (secondary N) is 1. The first kappa shape index (κ1) is 12.8. The number of pyridine rings is 1. The molecule has 0 unspecified atom stereocenters. The maximum absolute atomic E-state index is 11.7. The van der Waals surface area contributed by atoms with Crippen molar-refractivity contribution in [3.05, 3.63) is 36.0 Å². The lowest BCUT2D eigenvalue weighted by atomic mass is 10.1. The van der Waals surface area contributed by atoms with Crippen LogP contribution in [0.4, 0.5) is 0 Å². The molecule has 0 aliphatic carbocycles.